The molecule has 1 atom stereocenters. The van der Waals surface area contributed by atoms with E-state index in [2.05, 4.69) is 24.2 Å². The van der Waals surface area contributed by atoms with Gasteiger partial charge in [0, 0.05) is 32.8 Å². The molecule has 4 nitrogen and oxygen atoms in total. The lowest BCUT2D eigenvalue weighted by atomic mass is 10.0. The Morgan fingerprint density at radius 3 is 2.82 bits per heavy atom. The molecule has 2 saturated heterocycles. The summed E-state index contributed by atoms with van der Waals surface area (Å²) in [6.07, 6.45) is 4.20. The Balaban J connectivity index is 1.55. The third-order valence-corrected chi connectivity index (χ3v) is 3.71. The van der Waals surface area contributed by atoms with Crippen molar-refractivity contribution in [3.8, 4) is 0 Å². The van der Waals surface area contributed by atoms with Crippen molar-refractivity contribution in [2.24, 2.45) is 0 Å². The Hall–Kier alpha value is -0.160. The van der Waals surface area contributed by atoms with Gasteiger partial charge in [-0.3, -0.25) is 0 Å². The molecular formula is C13H26N2O2. The van der Waals surface area contributed by atoms with Crippen LogP contribution < -0.4 is 5.32 Å². The molecule has 1 N–H and O–H groups in total. The van der Waals surface area contributed by atoms with Crippen molar-refractivity contribution >= 4 is 0 Å². The van der Waals surface area contributed by atoms with E-state index in [1.807, 2.05) is 0 Å². The third kappa shape index (κ3) is 4.21. The molecule has 1 unspecified atom stereocenters. The maximum absolute atomic E-state index is 5.88. The molecule has 2 heterocycles. The van der Waals surface area contributed by atoms with Gasteiger partial charge in [0.2, 0.25) is 0 Å². The average molecular weight is 242 g/mol. The first kappa shape index (κ1) is 13.3. The van der Waals surface area contributed by atoms with Crippen LogP contribution in [0.15, 0.2) is 0 Å². The highest BCUT2D eigenvalue weighted by molar-refractivity contribution is 4.90. The van der Waals surface area contributed by atoms with Gasteiger partial charge in [-0.2, -0.15) is 0 Å². The first-order chi connectivity index (χ1) is 8.18. The summed E-state index contributed by atoms with van der Waals surface area (Å²) in [5, 5.41) is 3.25. The van der Waals surface area contributed by atoms with Crippen molar-refractivity contribution in [2.45, 2.75) is 37.9 Å². The minimum atomic E-state index is 0.0855. The molecule has 0 aromatic rings. The zero-order valence-electron chi connectivity index (χ0n) is 11.2. The van der Waals surface area contributed by atoms with E-state index in [0.29, 0.717) is 6.10 Å². The number of rotatable bonds is 6. The van der Waals surface area contributed by atoms with Crippen LogP contribution in [0.4, 0.5) is 0 Å². The predicted octanol–water partition coefficient (Wildman–Crippen LogP) is 0.866. The SMILES string of the molecule is CN(CCOC1(C)CNC1)CC1CCCCO1. The van der Waals surface area contributed by atoms with Crippen LogP contribution in [0.25, 0.3) is 0 Å². The highest BCUT2D eigenvalue weighted by Gasteiger charge is 2.32. The maximum Gasteiger partial charge on any atom is 0.0902 e. The Labute approximate surface area is 105 Å². The zero-order valence-corrected chi connectivity index (χ0v) is 11.2. The van der Waals surface area contributed by atoms with E-state index in [4.69, 9.17) is 9.47 Å². The van der Waals surface area contributed by atoms with E-state index in [1.165, 1.54) is 19.3 Å². The quantitative estimate of drug-likeness (QED) is 0.749. The Bertz CT molecular complexity index is 225. The van der Waals surface area contributed by atoms with Gasteiger partial charge in [0.1, 0.15) is 0 Å². The summed E-state index contributed by atoms with van der Waals surface area (Å²) in [6, 6.07) is 0. The predicted molar refractivity (Wildman–Crippen MR) is 68.3 cm³/mol. The summed E-state index contributed by atoms with van der Waals surface area (Å²) in [7, 11) is 2.16. The van der Waals surface area contributed by atoms with Gasteiger partial charge in [0.05, 0.1) is 18.3 Å². The molecule has 4 heteroatoms. The molecule has 2 aliphatic heterocycles. The summed E-state index contributed by atoms with van der Waals surface area (Å²) in [5.74, 6) is 0. The number of likely N-dealkylation sites (N-methyl/N-ethyl adjacent to an activating group) is 1. The van der Waals surface area contributed by atoms with Crippen molar-refractivity contribution in [3.05, 3.63) is 0 Å². The summed E-state index contributed by atoms with van der Waals surface area (Å²) in [5.41, 5.74) is 0.0855. The molecule has 0 aromatic carbocycles. The Morgan fingerprint density at radius 1 is 1.41 bits per heavy atom. The van der Waals surface area contributed by atoms with Crippen LogP contribution in [0.2, 0.25) is 0 Å². The molecule has 0 radical (unpaired) electrons. The normalized spacial score (nSPS) is 28.1. The van der Waals surface area contributed by atoms with Gasteiger partial charge in [-0.05, 0) is 33.2 Å². The van der Waals surface area contributed by atoms with Gasteiger partial charge in [0.15, 0.2) is 0 Å². The Morgan fingerprint density at radius 2 is 2.24 bits per heavy atom. The van der Waals surface area contributed by atoms with E-state index in [0.717, 1.165) is 39.4 Å². The van der Waals surface area contributed by atoms with Crippen LogP contribution in [0.5, 0.6) is 0 Å². The van der Waals surface area contributed by atoms with Crippen molar-refractivity contribution in [1.82, 2.24) is 10.2 Å². The summed E-state index contributed by atoms with van der Waals surface area (Å²) >= 11 is 0. The van der Waals surface area contributed by atoms with E-state index in [-0.39, 0.29) is 5.60 Å². The molecule has 0 spiro atoms. The highest BCUT2D eigenvalue weighted by Crippen LogP contribution is 2.15. The first-order valence-corrected chi connectivity index (χ1v) is 6.83. The standard InChI is InChI=1S/C13H26N2O2/c1-13(10-14-11-13)17-8-6-15(2)9-12-5-3-4-7-16-12/h12,14H,3-11H2,1-2H3. The average Bonchev–Trinajstić information content (AvgIpc) is 2.28. The molecule has 0 saturated carbocycles. The van der Waals surface area contributed by atoms with Gasteiger partial charge in [0.25, 0.3) is 0 Å². The fourth-order valence-electron chi connectivity index (χ4n) is 2.42. The summed E-state index contributed by atoms with van der Waals surface area (Å²) < 4.78 is 11.6. The minimum Gasteiger partial charge on any atom is -0.377 e. The number of hydrogen-bond donors (Lipinski definition) is 1. The van der Waals surface area contributed by atoms with E-state index >= 15 is 0 Å². The van der Waals surface area contributed by atoms with Crippen LogP contribution in [0.3, 0.4) is 0 Å². The molecule has 0 bridgehead atoms. The van der Waals surface area contributed by atoms with Gasteiger partial charge < -0.3 is 19.7 Å². The van der Waals surface area contributed by atoms with Crippen molar-refractivity contribution in [3.63, 3.8) is 0 Å². The fraction of sp³-hybridized carbons (Fsp3) is 1.00. The van der Waals surface area contributed by atoms with Gasteiger partial charge in [-0.15, -0.1) is 0 Å². The lowest BCUT2D eigenvalue weighted by Gasteiger charge is -2.39. The molecule has 0 aromatic heterocycles. The second-order valence-electron chi connectivity index (χ2n) is 5.65. The topological polar surface area (TPSA) is 33.7 Å². The Kier molecular flexibility index (Phi) is 4.79. The monoisotopic (exact) mass is 242 g/mol. The maximum atomic E-state index is 5.88. The molecular weight excluding hydrogens is 216 g/mol. The van der Waals surface area contributed by atoms with E-state index < -0.39 is 0 Å². The third-order valence-electron chi connectivity index (χ3n) is 3.71. The molecule has 17 heavy (non-hydrogen) atoms. The first-order valence-electron chi connectivity index (χ1n) is 6.83. The largest absolute Gasteiger partial charge is 0.377 e. The number of hydrogen-bond acceptors (Lipinski definition) is 4. The van der Waals surface area contributed by atoms with Crippen molar-refractivity contribution in [2.75, 3.05) is 46.4 Å². The van der Waals surface area contributed by atoms with Crippen molar-refractivity contribution < 1.29 is 9.47 Å². The molecule has 2 aliphatic rings. The molecule has 2 rings (SSSR count). The minimum absolute atomic E-state index is 0.0855. The number of nitrogens with zero attached hydrogens (tertiary/aromatic N) is 1. The second kappa shape index (κ2) is 6.14. The summed E-state index contributed by atoms with van der Waals surface area (Å²) in [4.78, 5) is 2.32. The second-order valence-corrected chi connectivity index (χ2v) is 5.65. The van der Waals surface area contributed by atoms with Crippen LogP contribution >= 0.6 is 0 Å². The summed E-state index contributed by atoms with van der Waals surface area (Å²) in [6.45, 7) is 7.95. The van der Waals surface area contributed by atoms with E-state index in [1.54, 1.807) is 0 Å². The lowest BCUT2D eigenvalue weighted by molar-refractivity contribution is -0.0744. The molecule has 0 aliphatic carbocycles. The highest BCUT2D eigenvalue weighted by atomic mass is 16.5. The van der Waals surface area contributed by atoms with Crippen LogP contribution in [-0.4, -0.2) is 63.0 Å². The van der Waals surface area contributed by atoms with Crippen LogP contribution in [0.1, 0.15) is 26.2 Å². The fourth-order valence-corrected chi connectivity index (χ4v) is 2.42. The molecule has 0 amide bonds. The lowest BCUT2D eigenvalue weighted by Crippen LogP contribution is -2.59. The van der Waals surface area contributed by atoms with Crippen LogP contribution in [-0.2, 0) is 9.47 Å². The van der Waals surface area contributed by atoms with Gasteiger partial charge in [-0.25, -0.2) is 0 Å². The number of ether oxygens (including phenoxy) is 2. The van der Waals surface area contributed by atoms with E-state index in [9.17, 15) is 0 Å². The zero-order chi connectivity index (χ0) is 12.1. The molecule has 100 valence electrons. The number of nitrogens with one attached hydrogen (secondary N) is 1. The van der Waals surface area contributed by atoms with Crippen LogP contribution in [0, 0.1) is 0 Å². The van der Waals surface area contributed by atoms with Gasteiger partial charge >= 0.3 is 0 Å². The van der Waals surface area contributed by atoms with Crippen molar-refractivity contribution in [1.29, 1.82) is 0 Å². The van der Waals surface area contributed by atoms with Gasteiger partial charge in [-0.1, -0.05) is 0 Å². The molecule has 2 fully saturated rings. The smallest absolute Gasteiger partial charge is 0.0902 e.